The number of hydrogen-bond acceptors (Lipinski definition) is 9. The SMILES string of the molecule is CCOc1nc2c(N)ncnc2n1[C@@H]1O[C@H](CO)C(O)C1O. The van der Waals surface area contributed by atoms with Crippen LogP contribution in [0.5, 0.6) is 6.01 Å². The number of aliphatic hydroxyl groups excluding tert-OH is 3. The lowest BCUT2D eigenvalue weighted by atomic mass is 10.1. The number of aromatic nitrogens is 4. The molecule has 1 fully saturated rings. The van der Waals surface area contributed by atoms with Gasteiger partial charge in [0.05, 0.1) is 13.2 Å². The van der Waals surface area contributed by atoms with Crippen molar-refractivity contribution in [3.8, 4) is 6.01 Å². The van der Waals surface area contributed by atoms with E-state index in [1.54, 1.807) is 6.92 Å². The lowest BCUT2D eigenvalue weighted by Gasteiger charge is -2.18. The van der Waals surface area contributed by atoms with Crippen molar-refractivity contribution in [2.75, 3.05) is 18.9 Å². The van der Waals surface area contributed by atoms with Crippen LogP contribution in [0.1, 0.15) is 13.2 Å². The number of anilines is 1. The summed E-state index contributed by atoms with van der Waals surface area (Å²) in [5.41, 5.74) is 6.39. The van der Waals surface area contributed by atoms with Crippen LogP contribution in [-0.2, 0) is 4.74 Å². The molecular weight excluding hydrogens is 294 g/mol. The number of nitrogen functional groups attached to an aromatic ring is 1. The largest absolute Gasteiger partial charge is 0.465 e. The summed E-state index contributed by atoms with van der Waals surface area (Å²) in [5, 5.41) is 29.3. The molecule has 3 rings (SSSR count). The summed E-state index contributed by atoms with van der Waals surface area (Å²) in [6, 6.07) is 0.138. The van der Waals surface area contributed by atoms with Gasteiger partial charge in [-0.3, -0.25) is 0 Å². The highest BCUT2D eigenvalue weighted by Gasteiger charge is 2.45. The molecule has 1 aliphatic rings. The van der Waals surface area contributed by atoms with Crippen LogP contribution in [0.25, 0.3) is 11.2 Å². The number of nitrogens with two attached hydrogens (primary N) is 1. The molecule has 2 unspecified atom stereocenters. The van der Waals surface area contributed by atoms with Gasteiger partial charge >= 0.3 is 6.01 Å². The lowest BCUT2D eigenvalue weighted by molar-refractivity contribution is -0.0541. The fourth-order valence-electron chi connectivity index (χ4n) is 2.46. The maximum absolute atomic E-state index is 10.2. The zero-order chi connectivity index (χ0) is 15.9. The van der Waals surface area contributed by atoms with Crippen LogP contribution in [0.4, 0.5) is 5.82 Å². The number of ether oxygens (including phenoxy) is 2. The number of imidazole rings is 1. The second kappa shape index (κ2) is 5.65. The molecule has 4 atom stereocenters. The Bertz CT molecular complexity index is 677. The van der Waals surface area contributed by atoms with E-state index in [4.69, 9.17) is 15.2 Å². The number of aliphatic hydroxyl groups is 3. The van der Waals surface area contributed by atoms with Crippen LogP contribution in [0.3, 0.4) is 0 Å². The van der Waals surface area contributed by atoms with Crippen LogP contribution in [0.15, 0.2) is 6.33 Å². The third-order valence-electron chi connectivity index (χ3n) is 3.52. The van der Waals surface area contributed by atoms with E-state index in [1.165, 1.54) is 10.9 Å². The Kier molecular flexibility index (Phi) is 3.83. The van der Waals surface area contributed by atoms with Crippen molar-refractivity contribution in [1.29, 1.82) is 0 Å². The average molecular weight is 311 g/mol. The zero-order valence-corrected chi connectivity index (χ0v) is 11.8. The highest BCUT2D eigenvalue weighted by atomic mass is 16.6. The first-order valence-corrected chi connectivity index (χ1v) is 6.82. The summed E-state index contributed by atoms with van der Waals surface area (Å²) in [4.78, 5) is 12.2. The third kappa shape index (κ3) is 2.16. The van der Waals surface area contributed by atoms with Gasteiger partial charge in [0, 0.05) is 0 Å². The molecule has 0 spiro atoms. The van der Waals surface area contributed by atoms with E-state index in [-0.39, 0.29) is 11.8 Å². The minimum Gasteiger partial charge on any atom is -0.465 e. The van der Waals surface area contributed by atoms with Gasteiger partial charge in [0.2, 0.25) is 0 Å². The second-order valence-electron chi connectivity index (χ2n) is 4.86. The van der Waals surface area contributed by atoms with Crippen molar-refractivity contribution in [2.24, 2.45) is 0 Å². The zero-order valence-electron chi connectivity index (χ0n) is 11.8. The summed E-state index contributed by atoms with van der Waals surface area (Å²) in [5.74, 6) is 0.163. The van der Waals surface area contributed by atoms with E-state index in [2.05, 4.69) is 15.0 Å². The Morgan fingerprint density at radius 3 is 2.77 bits per heavy atom. The maximum atomic E-state index is 10.2. The van der Waals surface area contributed by atoms with Crippen LogP contribution in [-0.4, -0.2) is 66.4 Å². The molecule has 2 aromatic rings. The van der Waals surface area contributed by atoms with Crippen molar-refractivity contribution < 1.29 is 24.8 Å². The molecule has 1 aliphatic heterocycles. The van der Waals surface area contributed by atoms with Crippen molar-refractivity contribution in [2.45, 2.75) is 31.5 Å². The van der Waals surface area contributed by atoms with Gasteiger partial charge < -0.3 is 30.5 Å². The summed E-state index contributed by atoms with van der Waals surface area (Å²) in [6.45, 7) is 1.67. The van der Waals surface area contributed by atoms with Crippen LogP contribution in [0.2, 0.25) is 0 Å². The minimum atomic E-state index is -1.27. The number of rotatable bonds is 4. The molecule has 0 bridgehead atoms. The molecule has 0 radical (unpaired) electrons. The second-order valence-corrected chi connectivity index (χ2v) is 4.86. The summed E-state index contributed by atoms with van der Waals surface area (Å²) in [7, 11) is 0. The summed E-state index contributed by atoms with van der Waals surface area (Å²) in [6.07, 6.45) is -3.17. The molecule has 3 heterocycles. The lowest BCUT2D eigenvalue weighted by Crippen LogP contribution is -2.33. The van der Waals surface area contributed by atoms with Crippen LogP contribution >= 0.6 is 0 Å². The molecule has 0 aromatic carbocycles. The molecule has 0 saturated carbocycles. The monoisotopic (exact) mass is 311 g/mol. The Balaban J connectivity index is 2.13. The van der Waals surface area contributed by atoms with E-state index < -0.39 is 31.1 Å². The number of hydrogen-bond donors (Lipinski definition) is 4. The standard InChI is InChI=1S/C12H17N5O5/c1-2-21-12-16-6-9(13)14-4-15-10(6)17(12)11-8(20)7(19)5(3-18)22-11/h4-5,7-8,11,18-20H,2-3H2,1H3,(H2,13,14,15)/t5-,7?,8?,11-/m1/s1. The molecule has 1 saturated heterocycles. The van der Waals surface area contributed by atoms with Gasteiger partial charge in [0.1, 0.15) is 24.6 Å². The first kappa shape index (κ1) is 14.9. The summed E-state index contributed by atoms with van der Waals surface area (Å²) < 4.78 is 12.3. The fraction of sp³-hybridized carbons (Fsp3) is 0.583. The van der Waals surface area contributed by atoms with Gasteiger partial charge in [-0.1, -0.05) is 0 Å². The smallest absolute Gasteiger partial charge is 0.300 e. The molecule has 120 valence electrons. The van der Waals surface area contributed by atoms with E-state index in [0.717, 1.165) is 0 Å². The maximum Gasteiger partial charge on any atom is 0.300 e. The molecule has 10 heteroatoms. The Labute approximate surface area is 125 Å². The average Bonchev–Trinajstić information content (AvgIpc) is 3.00. The Morgan fingerprint density at radius 1 is 1.36 bits per heavy atom. The fourth-order valence-corrected chi connectivity index (χ4v) is 2.46. The van der Waals surface area contributed by atoms with Crippen LogP contribution < -0.4 is 10.5 Å². The van der Waals surface area contributed by atoms with E-state index >= 15 is 0 Å². The van der Waals surface area contributed by atoms with Gasteiger partial charge in [0.15, 0.2) is 23.2 Å². The van der Waals surface area contributed by atoms with E-state index in [0.29, 0.717) is 17.8 Å². The third-order valence-corrected chi connectivity index (χ3v) is 3.52. The van der Waals surface area contributed by atoms with Gasteiger partial charge in [-0.15, -0.1) is 0 Å². The van der Waals surface area contributed by atoms with Gasteiger partial charge in [0.25, 0.3) is 0 Å². The minimum absolute atomic E-state index is 0.138. The van der Waals surface area contributed by atoms with Crippen molar-refractivity contribution in [3.05, 3.63) is 6.33 Å². The highest BCUT2D eigenvalue weighted by Crippen LogP contribution is 2.35. The first-order valence-electron chi connectivity index (χ1n) is 6.82. The normalized spacial score (nSPS) is 28.4. The van der Waals surface area contributed by atoms with Crippen molar-refractivity contribution in [3.63, 3.8) is 0 Å². The van der Waals surface area contributed by atoms with Gasteiger partial charge in [-0.25, -0.2) is 14.5 Å². The molecule has 0 aliphatic carbocycles. The predicted octanol–water partition coefficient (Wildman–Crippen LogP) is -1.58. The van der Waals surface area contributed by atoms with Crippen LogP contribution in [0, 0.1) is 0 Å². The molecular formula is C12H17N5O5. The van der Waals surface area contributed by atoms with E-state index in [1.807, 2.05) is 0 Å². The molecule has 10 nitrogen and oxygen atoms in total. The first-order chi connectivity index (χ1) is 10.6. The summed E-state index contributed by atoms with van der Waals surface area (Å²) >= 11 is 0. The Hall–Kier alpha value is -2.01. The molecule has 5 N–H and O–H groups in total. The van der Waals surface area contributed by atoms with E-state index in [9.17, 15) is 15.3 Å². The highest BCUT2D eigenvalue weighted by molar-refractivity contribution is 5.82. The predicted molar refractivity (Wildman–Crippen MR) is 73.9 cm³/mol. The molecule has 0 amide bonds. The number of fused-ring (bicyclic) bond motifs is 1. The van der Waals surface area contributed by atoms with Crippen molar-refractivity contribution >= 4 is 17.0 Å². The van der Waals surface area contributed by atoms with Crippen molar-refractivity contribution in [1.82, 2.24) is 19.5 Å². The van der Waals surface area contributed by atoms with Gasteiger partial charge in [-0.05, 0) is 6.92 Å². The topological polar surface area (TPSA) is 149 Å². The molecule has 2 aromatic heterocycles. The van der Waals surface area contributed by atoms with Gasteiger partial charge in [-0.2, -0.15) is 4.98 Å². The number of nitrogens with zero attached hydrogens (tertiary/aromatic N) is 4. The quantitative estimate of drug-likeness (QED) is 0.524. The Morgan fingerprint density at radius 2 is 2.14 bits per heavy atom. The molecule has 22 heavy (non-hydrogen) atoms.